The maximum Gasteiger partial charge on any atom is 0.314 e. The van der Waals surface area contributed by atoms with E-state index in [-0.39, 0.29) is 18.9 Å². The normalized spacial score (nSPS) is 12.8. The van der Waals surface area contributed by atoms with Crippen molar-refractivity contribution in [2.24, 2.45) is 5.41 Å². The number of aliphatic carboxylic acids is 1. The lowest BCUT2D eigenvalue weighted by Gasteiger charge is -2.16. The summed E-state index contributed by atoms with van der Waals surface area (Å²) in [7, 11) is 0. The van der Waals surface area contributed by atoms with Crippen LogP contribution in [0.2, 0.25) is 0 Å². The minimum Gasteiger partial charge on any atom is -0.481 e. The van der Waals surface area contributed by atoms with E-state index < -0.39 is 23.3 Å². The Hall–Kier alpha value is -1.69. The number of carbonyl (C=O) groups excluding carboxylic acids is 2. The second-order valence-corrected chi connectivity index (χ2v) is 8.73. The van der Waals surface area contributed by atoms with Crippen LogP contribution in [0.15, 0.2) is 12.2 Å². The van der Waals surface area contributed by atoms with Gasteiger partial charge in [0, 0.05) is 6.42 Å². The number of hydrogen-bond acceptors (Lipinski definition) is 5. The van der Waals surface area contributed by atoms with Crippen LogP contribution in [0.4, 0.5) is 0 Å². The standard InChI is InChI=1S/C24H42O6/c1-4-5-6-13-16-20(25)17-14-11-9-7-8-10-12-15-18-21(26)30-22(27)19-24(2,3)23(28)29/h11,14,20,25H,4-10,12-13,15-19H2,1-3H3,(H,28,29)/b14-11-/t20-/m1/s1. The Balaban J connectivity index is 3.61. The largest absolute Gasteiger partial charge is 0.481 e. The molecule has 0 heterocycles. The predicted molar refractivity (Wildman–Crippen MR) is 118 cm³/mol. The first-order valence-electron chi connectivity index (χ1n) is 11.5. The van der Waals surface area contributed by atoms with Crippen molar-refractivity contribution in [1.82, 2.24) is 0 Å². The first-order valence-corrected chi connectivity index (χ1v) is 11.5. The third-order valence-corrected chi connectivity index (χ3v) is 5.11. The number of carboxylic acid groups (broad SMARTS) is 1. The van der Waals surface area contributed by atoms with Crippen LogP contribution in [0.1, 0.15) is 111 Å². The van der Waals surface area contributed by atoms with Gasteiger partial charge in [-0.3, -0.25) is 14.4 Å². The lowest BCUT2D eigenvalue weighted by atomic mass is 9.90. The number of ether oxygens (including phenoxy) is 1. The molecule has 0 aromatic heterocycles. The summed E-state index contributed by atoms with van der Waals surface area (Å²) in [6.45, 7) is 5.03. The van der Waals surface area contributed by atoms with Crippen molar-refractivity contribution in [1.29, 1.82) is 0 Å². The van der Waals surface area contributed by atoms with Crippen molar-refractivity contribution in [2.75, 3.05) is 0 Å². The number of rotatable bonds is 18. The van der Waals surface area contributed by atoms with Gasteiger partial charge in [0.2, 0.25) is 0 Å². The Labute approximate surface area is 182 Å². The fourth-order valence-corrected chi connectivity index (χ4v) is 3.01. The van der Waals surface area contributed by atoms with E-state index in [1.165, 1.54) is 33.1 Å². The summed E-state index contributed by atoms with van der Waals surface area (Å²) in [5.74, 6) is -2.47. The summed E-state index contributed by atoms with van der Waals surface area (Å²) in [6.07, 6.45) is 15.9. The molecule has 0 aliphatic heterocycles. The van der Waals surface area contributed by atoms with Crippen LogP contribution in [0.5, 0.6) is 0 Å². The quantitative estimate of drug-likeness (QED) is 0.129. The van der Waals surface area contributed by atoms with E-state index >= 15 is 0 Å². The topological polar surface area (TPSA) is 101 Å². The first-order chi connectivity index (χ1) is 14.2. The van der Waals surface area contributed by atoms with Crippen molar-refractivity contribution in [2.45, 2.75) is 117 Å². The molecule has 0 amide bonds. The SMILES string of the molecule is CCCCCC[C@@H](O)C/C=C\CCCCCCCC(=O)OC(=O)CC(C)(C)C(=O)O. The minimum absolute atomic E-state index is 0.176. The van der Waals surface area contributed by atoms with Crippen molar-refractivity contribution in [3.8, 4) is 0 Å². The number of unbranched alkanes of at least 4 members (excludes halogenated alkanes) is 8. The molecule has 0 aromatic carbocycles. The molecule has 0 rings (SSSR count). The molecule has 30 heavy (non-hydrogen) atoms. The second-order valence-electron chi connectivity index (χ2n) is 8.73. The highest BCUT2D eigenvalue weighted by Gasteiger charge is 2.31. The summed E-state index contributed by atoms with van der Waals surface area (Å²) in [6, 6.07) is 0. The predicted octanol–water partition coefficient (Wildman–Crippen LogP) is 5.57. The summed E-state index contributed by atoms with van der Waals surface area (Å²) >= 11 is 0. The first kappa shape index (κ1) is 28.3. The molecule has 0 aliphatic rings. The van der Waals surface area contributed by atoms with E-state index in [2.05, 4.69) is 19.1 Å². The Morgan fingerprint density at radius 1 is 0.900 bits per heavy atom. The molecule has 0 saturated heterocycles. The second kappa shape index (κ2) is 17.0. The molecular weight excluding hydrogens is 384 g/mol. The molecule has 0 spiro atoms. The molecule has 174 valence electrons. The molecule has 6 nitrogen and oxygen atoms in total. The average molecular weight is 427 g/mol. The van der Waals surface area contributed by atoms with Gasteiger partial charge in [0.05, 0.1) is 17.9 Å². The van der Waals surface area contributed by atoms with Gasteiger partial charge in [0.15, 0.2) is 0 Å². The van der Waals surface area contributed by atoms with Crippen molar-refractivity contribution >= 4 is 17.9 Å². The zero-order valence-electron chi connectivity index (χ0n) is 19.2. The fraction of sp³-hybridized carbons (Fsp3) is 0.792. The third kappa shape index (κ3) is 16.1. The van der Waals surface area contributed by atoms with Gasteiger partial charge in [-0.05, 0) is 46.0 Å². The summed E-state index contributed by atoms with van der Waals surface area (Å²) in [5, 5.41) is 18.9. The van der Waals surface area contributed by atoms with Crippen LogP contribution in [-0.2, 0) is 19.1 Å². The lowest BCUT2D eigenvalue weighted by molar-refractivity contribution is -0.164. The zero-order valence-corrected chi connectivity index (χ0v) is 19.2. The van der Waals surface area contributed by atoms with Crippen LogP contribution in [0.3, 0.4) is 0 Å². The van der Waals surface area contributed by atoms with Crippen molar-refractivity contribution < 1.29 is 29.3 Å². The number of carbonyl (C=O) groups is 3. The van der Waals surface area contributed by atoms with E-state index in [1.54, 1.807) is 0 Å². The van der Waals surface area contributed by atoms with Gasteiger partial charge in [-0.1, -0.05) is 64.0 Å². The van der Waals surface area contributed by atoms with Crippen LogP contribution in [0, 0.1) is 5.41 Å². The maximum atomic E-state index is 11.6. The van der Waals surface area contributed by atoms with Crippen molar-refractivity contribution in [3.63, 3.8) is 0 Å². The molecular formula is C24H42O6. The number of carboxylic acids is 1. The lowest BCUT2D eigenvalue weighted by Crippen LogP contribution is -2.28. The molecule has 0 unspecified atom stereocenters. The fourth-order valence-electron chi connectivity index (χ4n) is 3.01. The summed E-state index contributed by atoms with van der Waals surface area (Å²) in [4.78, 5) is 34.3. The van der Waals surface area contributed by atoms with E-state index in [0.29, 0.717) is 6.42 Å². The maximum absolute atomic E-state index is 11.6. The average Bonchev–Trinajstić information content (AvgIpc) is 2.66. The molecule has 0 fully saturated rings. The highest BCUT2D eigenvalue weighted by Crippen LogP contribution is 2.21. The van der Waals surface area contributed by atoms with E-state index in [9.17, 15) is 19.5 Å². The molecule has 6 heteroatoms. The number of aliphatic hydroxyl groups excluding tert-OH is 1. The Bertz CT molecular complexity index is 524. The smallest absolute Gasteiger partial charge is 0.314 e. The van der Waals surface area contributed by atoms with Gasteiger partial charge in [-0.15, -0.1) is 0 Å². The molecule has 0 aliphatic carbocycles. The summed E-state index contributed by atoms with van der Waals surface area (Å²) in [5.41, 5.74) is -1.24. The van der Waals surface area contributed by atoms with Crippen LogP contribution in [-0.4, -0.2) is 34.2 Å². The van der Waals surface area contributed by atoms with Gasteiger partial charge < -0.3 is 14.9 Å². The molecule has 0 saturated carbocycles. The Morgan fingerprint density at radius 3 is 2.20 bits per heavy atom. The molecule has 0 radical (unpaired) electrons. The van der Waals surface area contributed by atoms with Gasteiger partial charge in [-0.25, -0.2) is 0 Å². The molecule has 1 atom stereocenters. The highest BCUT2D eigenvalue weighted by atomic mass is 16.6. The Morgan fingerprint density at radius 2 is 1.53 bits per heavy atom. The van der Waals surface area contributed by atoms with Crippen molar-refractivity contribution in [3.05, 3.63) is 12.2 Å². The van der Waals surface area contributed by atoms with E-state index in [4.69, 9.17) is 9.84 Å². The number of esters is 2. The van der Waals surface area contributed by atoms with E-state index in [0.717, 1.165) is 51.4 Å². The van der Waals surface area contributed by atoms with Gasteiger partial charge >= 0.3 is 17.9 Å². The van der Waals surface area contributed by atoms with Gasteiger partial charge in [0.1, 0.15) is 0 Å². The number of allylic oxidation sites excluding steroid dienone is 1. The molecule has 0 bridgehead atoms. The molecule has 0 aromatic rings. The molecule has 2 N–H and O–H groups in total. The zero-order chi connectivity index (χ0) is 22.8. The van der Waals surface area contributed by atoms with Crippen LogP contribution < -0.4 is 0 Å². The van der Waals surface area contributed by atoms with Crippen LogP contribution >= 0.6 is 0 Å². The monoisotopic (exact) mass is 426 g/mol. The Kier molecular flexibility index (Phi) is 16.1. The van der Waals surface area contributed by atoms with Gasteiger partial charge in [0.25, 0.3) is 0 Å². The highest BCUT2D eigenvalue weighted by molar-refractivity contribution is 5.88. The summed E-state index contributed by atoms with van der Waals surface area (Å²) < 4.78 is 4.69. The number of aliphatic hydroxyl groups is 1. The van der Waals surface area contributed by atoms with E-state index in [1.807, 2.05) is 0 Å². The number of hydrogen-bond donors (Lipinski definition) is 2. The minimum atomic E-state index is -1.24. The third-order valence-electron chi connectivity index (χ3n) is 5.11. The van der Waals surface area contributed by atoms with Gasteiger partial charge in [-0.2, -0.15) is 0 Å². The van der Waals surface area contributed by atoms with Crippen LogP contribution in [0.25, 0.3) is 0 Å².